The fourth-order valence-electron chi connectivity index (χ4n) is 2.79. The van der Waals surface area contributed by atoms with Crippen molar-refractivity contribution in [2.24, 2.45) is 0 Å². The predicted octanol–water partition coefficient (Wildman–Crippen LogP) is 2.29. The molecule has 0 radical (unpaired) electrons. The molecule has 0 spiro atoms. The molecule has 3 rings (SSSR count). The van der Waals surface area contributed by atoms with E-state index in [9.17, 15) is 9.59 Å². The lowest BCUT2D eigenvalue weighted by atomic mass is 9.94. The van der Waals surface area contributed by atoms with E-state index in [2.05, 4.69) is 6.07 Å². The SMILES string of the molecule is N#Cc1cccc(Cn2c3c(ccc2=O)C(=O)CCC3)c1. The van der Waals surface area contributed by atoms with Crippen LogP contribution in [0.3, 0.4) is 0 Å². The smallest absolute Gasteiger partial charge is 0.251 e. The first-order valence-corrected chi connectivity index (χ1v) is 6.94. The number of carbonyl (C=O) groups is 1. The van der Waals surface area contributed by atoms with Crippen LogP contribution in [0.25, 0.3) is 0 Å². The van der Waals surface area contributed by atoms with Crippen LogP contribution in [-0.4, -0.2) is 10.4 Å². The Morgan fingerprint density at radius 1 is 1.14 bits per heavy atom. The van der Waals surface area contributed by atoms with Gasteiger partial charge in [0.2, 0.25) is 0 Å². The Labute approximate surface area is 122 Å². The van der Waals surface area contributed by atoms with Gasteiger partial charge in [0, 0.05) is 23.7 Å². The molecule has 0 bridgehead atoms. The van der Waals surface area contributed by atoms with Crippen LogP contribution in [0.15, 0.2) is 41.2 Å². The highest BCUT2D eigenvalue weighted by molar-refractivity contribution is 5.97. The van der Waals surface area contributed by atoms with Gasteiger partial charge < -0.3 is 4.57 Å². The maximum absolute atomic E-state index is 12.1. The minimum absolute atomic E-state index is 0.106. The average Bonchev–Trinajstić information content (AvgIpc) is 2.51. The van der Waals surface area contributed by atoms with Crippen molar-refractivity contribution in [2.75, 3.05) is 0 Å². The highest BCUT2D eigenvalue weighted by Crippen LogP contribution is 2.20. The second-order valence-electron chi connectivity index (χ2n) is 5.21. The van der Waals surface area contributed by atoms with Crippen LogP contribution < -0.4 is 5.56 Å². The minimum atomic E-state index is -0.106. The fraction of sp³-hybridized carbons (Fsp3) is 0.235. The molecule has 1 aromatic carbocycles. The number of pyridine rings is 1. The summed E-state index contributed by atoms with van der Waals surface area (Å²) < 4.78 is 1.66. The first-order valence-electron chi connectivity index (χ1n) is 6.94. The molecule has 0 N–H and O–H groups in total. The van der Waals surface area contributed by atoms with Crippen LogP contribution >= 0.6 is 0 Å². The summed E-state index contributed by atoms with van der Waals surface area (Å²) in [5.74, 6) is 0.107. The average molecular weight is 278 g/mol. The minimum Gasteiger partial charge on any atom is -0.308 e. The van der Waals surface area contributed by atoms with E-state index in [4.69, 9.17) is 5.26 Å². The molecule has 0 fully saturated rings. The fourth-order valence-corrected chi connectivity index (χ4v) is 2.79. The normalized spacial score (nSPS) is 13.6. The van der Waals surface area contributed by atoms with Gasteiger partial charge in [-0.05, 0) is 36.6 Å². The van der Waals surface area contributed by atoms with Crippen LogP contribution in [0.2, 0.25) is 0 Å². The van der Waals surface area contributed by atoms with Crippen molar-refractivity contribution in [3.63, 3.8) is 0 Å². The zero-order valence-corrected chi connectivity index (χ0v) is 11.5. The van der Waals surface area contributed by atoms with E-state index in [0.29, 0.717) is 24.1 Å². The largest absolute Gasteiger partial charge is 0.308 e. The third kappa shape index (κ3) is 2.50. The van der Waals surface area contributed by atoms with Crippen molar-refractivity contribution in [1.82, 2.24) is 4.57 Å². The number of ketones is 1. The van der Waals surface area contributed by atoms with Gasteiger partial charge in [-0.2, -0.15) is 5.26 Å². The Hall–Kier alpha value is -2.67. The molecule has 0 saturated carbocycles. The summed E-state index contributed by atoms with van der Waals surface area (Å²) in [6, 6.07) is 12.4. The highest BCUT2D eigenvalue weighted by Gasteiger charge is 2.20. The van der Waals surface area contributed by atoms with Gasteiger partial charge in [0.15, 0.2) is 5.78 Å². The Balaban J connectivity index is 2.06. The van der Waals surface area contributed by atoms with E-state index in [1.54, 1.807) is 28.8 Å². The molecular weight excluding hydrogens is 264 g/mol. The van der Waals surface area contributed by atoms with Gasteiger partial charge >= 0.3 is 0 Å². The Bertz CT molecular complexity index is 812. The van der Waals surface area contributed by atoms with E-state index in [-0.39, 0.29) is 11.3 Å². The molecule has 1 aliphatic rings. The lowest BCUT2D eigenvalue weighted by Crippen LogP contribution is -2.28. The molecule has 1 heterocycles. The molecule has 104 valence electrons. The van der Waals surface area contributed by atoms with Crippen molar-refractivity contribution < 1.29 is 4.79 Å². The van der Waals surface area contributed by atoms with E-state index in [0.717, 1.165) is 24.1 Å². The first-order chi connectivity index (χ1) is 10.2. The number of hydrogen-bond donors (Lipinski definition) is 0. The summed E-state index contributed by atoms with van der Waals surface area (Å²) in [4.78, 5) is 24.1. The number of hydrogen-bond acceptors (Lipinski definition) is 3. The summed E-state index contributed by atoms with van der Waals surface area (Å²) in [5.41, 5.74) is 2.84. The number of Topliss-reactive ketones (excluding diaryl/α,β-unsaturated/α-hetero) is 1. The molecule has 4 heteroatoms. The van der Waals surface area contributed by atoms with Crippen LogP contribution in [0.1, 0.15) is 40.0 Å². The maximum Gasteiger partial charge on any atom is 0.251 e. The predicted molar refractivity (Wildman–Crippen MR) is 78.2 cm³/mol. The summed E-state index contributed by atoms with van der Waals surface area (Å²) >= 11 is 0. The topological polar surface area (TPSA) is 62.9 Å². The summed E-state index contributed by atoms with van der Waals surface area (Å²) in [7, 11) is 0. The van der Waals surface area contributed by atoms with Crippen LogP contribution in [-0.2, 0) is 13.0 Å². The molecule has 0 aliphatic heterocycles. The Morgan fingerprint density at radius 3 is 2.81 bits per heavy atom. The van der Waals surface area contributed by atoms with Crippen molar-refractivity contribution in [1.29, 1.82) is 5.26 Å². The molecular formula is C17H14N2O2. The molecule has 1 aliphatic carbocycles. The zero-order chi connectivity index (χ0) is 14.8. The van der Waals surface area contributed by atoms with Gasteiger partial charge in [0.05, 0.1) is 18.2 Å². The van der Waals surface area contributed by atoms with Crippen LogP contribution in [0.4, 0.5) is 0 Å². The monoisotopic (exact) mass is 278 g/mol. The highest BCUT2D eigenvalue weighted by atomic mass is 16.1. The van der Waals surface area contributed by atoms with Crippen molar-refractivity contribution in [3.05, 3.63) is 69.1 Å². The number of nitriles is 1. The second-order valence-corrected chi connectivity index (χ2v) is 5.21. The molecule has 0 unspecified atom stereocenters. The van der Waals surface area contributed by atoms with E-state index < -0.39 is 0 Å². The Morgan fingerprint density at radius 2 is 2.00 bits per heavy atom. The summed E-state index contributed by atoms with van der Waals surface area (Å²) in [6.07, 6.45) is 2.08. The quantitative estimate of drug-likeness (QED) is 0.846. The van der Waals surface area contributed by atoms with Crippen LogP contribution in [0.5, 0.6) is 0 Å². The third-order valence-corrected chi connectivity index (χ3v) is 3.81. The van der Waals surface area contributed by atoms with Crippen molar-refractivity contribution in [3.8, 4) is 6.07 Å². The van der Waals surface area contributed by atoms with E-state index in [1.807, 2.05) is 6.07 Å². The molecule has 21 heavy (non-hydrogen) atoms. The maximum atomic E-state index is 12.1. The molecule has 0 saturated heterocycles. The summed E-state index contributed by atoms with van der Waals surface area (Å²) in [5, 5.41) is 8.95. The van der Waals surface area contributed by atoms with Crippen LogP contribution in [0, 0.1) is 11.3 Å². The second kappa shape index (κ2) is 5.37. The number of fused-ring (bicyclic) bond motifs is 1. The van der Waals surface area contributed by atoms with Gasteiger partial charge in [-0.15, -0.1) is 0 Å². The molecule has 1 aromatic heterocycles. The number of carbonyl (C=O) groups excluding carboxylic acids is 1. The van der Waals surface area contributed by atoms with Gasteiger partial charge in [-0.3, -0.25) is 9.59 Å². The molecule has 0 amide bonds. The molecule has 0 atom stereocenters. The van der Waals surface area contributed by atoms with Crippen molar-refractivity contribution in [2.45, 2.75) is 25.8 Å². The molecule has 4 nitrogen and oxygen atoms in total. The Kier molecular flexibility index (Phi) is 3.41. The standard InChI is InChI=1S/C17H14N2O2/c18-10-12-3-1-4-13(9-12)11-19-15-5-2-6-16(20)14(15)7-8-17(19)21/h1,3-4,7-9H,2,5-6,11H2. The third-order valence-electron chi connectivity index (χ3n) is 3.81. The first kappa shape index (κ1) is 13.3. The van der Waals surface area contributed by atoms with Gasteiger partial charge in [0.1, 0.15) is 0 Å². The van der Waals surface area contributed by atoms with E-state index in [1.165, 1.54) is 6.07 Å². The summed E-state index contributed by atoms with van der Waals surface area (Å²) in [6.45, 7) is 0.394. The van der Waals surface area contributed by atoms with Gasteiger partial charge in [-0.25, -0.2) is 0 Å². The van der Waals surface area contributed by atoms with E-state index >= 15 is 0 Å². The van der Waals surface area contributed by atoms with Crippen molar-refractivity contribution >= 4 is 5.78 Å². The van der Waals surface area contributed by atoms with Gasteiger partial charge in [-0.1, -0.05) is 12.1 Å². The lowest BCUT2D eigenvalue weighted by Gasteiger charge is -2.20. The lowest BCUT2D eigenvalue weighted by molar-refractivity contribution is 0.0970. The zero-order valence-electron chi connectivity index (χ0n) is 11.5. The number of benzene rings is 1. The number of rotatable bonds is 2. The number of nitrogens with zero attached hydrogens (tertiary/aromatic N) is 2. The molecule has 2 aromatic rings. The van der Waals surface area contributed by atoms with Gasteiger partial charge in [0.25, 0.3) is 5.56 Å². The number of aromatic nitrogens is 1.